The van der Waals surface area contributed by atoms with Crippen LogP contribution in [0.15, 0.2) is 42.5 Å². The third-order valence-corrected chi connectivity index (χ3v) is 3.05. The minimum absolute atomic E-state index is 0.241. The largest absolute Gasteiger partial charge is 0.370 e. The summed E-state index contributed by atoms with van der Waals surface area (Å²) in [5.41, 5.74) is 2.55. The molecule has 1 heterocycles. The number of hydrogen-bond acceptors (Lipinski definition) is 3. The van der Waals surface area contributed by atoms with Crippen molar-refractivity contribution in [3.63, 3.8) is 0 Å². The van der Waals surface area contributed by atoms with E-state index in [1.807, 2.05) is 18.2 Å². The summed E-state index contributed by atoms with van der Waals surface area (Å²) in [6, 6.07) is 14.8. The Bertz CT molecular complexity index is 520. The molecule has 0 bridgehead atoms. The molecule has 0 saturated carbocycles. The van der Waals surface area contributed by atoms with Gasteiger partial charge in [0, 0.05) is 12.6 Å². The maximum Gasteiger partial charge on any atom is 0.128 e. The number of aryl methyl sites for hydroxylation is 1. The van der Waals surface area contributed by atoms with Gasteiger partial charge in [-0.2, -0.15) is 0 Å². The van der Waals surface area contributed by atoms with Crippen LogP contribution in [0.2, 0.25) is 0 Å². The van der Waals surface area contributed by atoms with Crippen molar-refractivity contribution in [2.24, 2.45) is 0 Å². The van der Waals surface area contributed by atoms with Crippen molar-refractivity contribution in [3.8, 4) is 0 Å². The fraction of sp³-hybridized carbons (Fsp3) is 0.312. The summed E-state index contributed by atoms with van der Waals surface area (Å²) in [7, 11) is 0. The van der Waals surface area contributed by atoms with Gasteiger partial charge in [0.25, 0.3) is 0 Å². The first-order valence-corrected chi connectivity index (χ1v) is 6.73. The predicted octanol–water partition coefficient (Wildman–Crippen LogP) is 3.99. The van der Waals surface area contributed by atoms with E-state index in [4.69, 9.17) is 0 Å². The predicted molar refractivity (Wildman–Crippen MR) is 81.6 cm³/mol. The number of anilines is 2. The Labute approximate surface area is 115 Å². The van der Waals surface area contributed by atoms with E-state index < -0.39 is 0 Å². The van der Waals surface area contributed by atoms with E-state index in [0.29, 0.717) is 0 Å². The highest BCUT2D eigenvalue weighted by Gasteiger charge is 2.06. The lowest BCUT2D eigenvalue weighted by Gasteiger charge is -2.16. The van der Waals surface area contributed by atoms with Crippen LogP contribution in [0, 0.1) is 6.92 Å². The van der Waals surface area contributed by atoms with Crippen LogP contribution in [-0.2, 0) is 0 Å². The number of nitrogens with zero attached hydrogens (tertiary/aromatic N) is 1. The molecule has 100 valence electrons. The molecule has 1 aromatic carbocycles. The monoisotopic (exact) mass is 255 g/mol. The number of pyridine rings is 1. The van der Waals surface area contributed by atoms with Gasteiger partial charge in [-0.3, -0.25) is 0 Å². The van der Waals surface area contributed by atoms with Gasteiger partial charge in [0.15, 0.2) is 0 Å². The summed E-state index contributed by atoms with van der Waals surface area (Å²) < 4.78 is 0. The van der Waals surface area contributed by atoms with Crippen molar-refractivity contribution < 1.29 is 0 Å². The molecular weight excluding hydrogens is 234 g/mol. The van der Waals surface area contributed by atoms with Crippen molar-refractivity contribution in [2.45, 2.75) is 26.8 Å². The molecule has 3 nitrogen and oxygen atoms in total. The molecule has 0 spiro atoms. The Morgan fingerprint density at radius 1 is 1.05 bits per heavy atom. The minimum atomic E-state index is 0.241. The molecule has 0 aliphatic carbocycles. The molecule has 2 aromatic rings. The number of benzene rings is 1. The van der Waals surface area contributed by atoms with Gasteiger partial charge in [-0.15, -0.1) is 0 Å². The average molecular weight is 255 g/mol. The standard InChI is InChI=1S/C16H21N3/c1-4-17-15-6-5-7-16(19-15)18-13(3)14-10-8-12(2)9-11-14/h5-11,13H,4H2,1-3H3,(H2,17,18,19). The second kappa shape index (κ2) is 6.23. The van der Waals surface area contributed by atoms with Crippen LogP contribution >= 0.6 is 0 Å². The van der Waals surface area contributed by atoms with Gasteiger partial charge in [0.05, 0.1) is 0 Å². The van der Waals surface area contributed by atoms with Crippen LogP contribution < -0.4 is 10.6 Å². The van der Waals surface area contributed by atoms with E-state index in [-0.39, 0.29) is 6.04 Å². The van der Waals surface area contributed by atoms with E-state index in [1.54, 1.807) is 0 Å². The number of nitrogens with one attached hydrogen (secondary N) is 2. The number of hydrogen-bond donors (Lipinski definition) is 2. The van der Waals surface area contributed by atoms with E-state index in [9.17, 15) is 0 Å². The normalized spacial score (nSPS) is 11.9. The summed E-state index contributed by atoms with van der Waals surface area (Å²) in [4.78, 5) is 4.52. The molecule has 0 aliphatic heterocycles. The third kappa shape index (κ3) is 3.71. The summed E-state index contributed by atoms with van der Waals surface area (Å²) in [5.74, 6) is 1.80. The Morgan fingerprint density at radius 3 is 2.42 bits per heavy atom. The Kier molecular flexibility index (Phi) is 4.39. The van der Waals surface area contributed by atoms with E-state index in [2.05, 4.69) is 60.7 Å². The van der Waals surface area contributed by atoms with Gasteiger partial charge in [0.1, 0.15) is 11.6 Å². The zero-order valence-corrected chi connectivity index (χ0v) is 11.8. The highest BCUT2D eigenvalue weighted by Crippen LogP contribution is 2.19. The molecule has 1 atom stereocenters. The molecule has 0 aliphatic rings. The molecule has 3 heteroatoms. The van der Waals surface area contributed by atoms with Crippen molar-refractivity contribution in [2.75, 3.05) is 17.2 Å². The minimum Gasteiger partial charge on any atom is -0.370 e. The van der Waals surface area contributed by atoms with Gasteiger partial charge in [-0.1, -0.05) is 35.9 Å². The first kappa shape index (κ1) is 13.4. The quantitative estimate of drug-likeness (QED) is 0.848. The van der Waals surface area contributed by atoms with Crippen molar-refractivity contribution in [3.05, 3.63) is 53.6 Å². The van der Waals surface area contributed by atoms with Gasteiger partial charge in [-0.05, 0) is 38.5 Å². The first-order chi connectivity index (χ1) is 9.19. The average Bonchev–Trinajstić information content (AvgIpc) is 2.40. The Morgan fingerprint density at radius 2 is 1.74 bits per heavy atom. The van der Waals surface area contributed by atoms with Gasteiger partial charge in [-0.25, -0.2) is 4.98 Å². The molecule has 0 amide bonds. The van der Waals surface area contributed by atoms with Crippen molar-refractivity contribution in [1.29, 1.82) is 0 Å². The fourth-order valence-electron chi connectivity index (χ4n) is 1.95. The summed E-state index contributed by atoms with van der Waals surface area (Å²) in [5, 5.41) is 6.64. The molecule has 0 saturated heterocycles. The van der Waals surface area contributed by atoms with Crippen LogP contribution in [0.1, 0.15) is 31.0 Å². The van der Waals surface area contributed by atoms with Gasteiger partial charge < -0.3 is 10.6 Å². The molecule has 2 rings (SSSR count). The summed E-state index contributed by atoms with van der Waals surface area (Å²) in [6.07, 6.45) is 0. The smallest absolute Gasteiger partial charge is 0.128 e. The van der Waals surface area contributed by atoms with E-state index in [0.717, 1.165) is 18.2 Å². The molecule has 2 N–H and O–H groups in total. The molecule has 0 radical (unpaired) electrons. The lowest BCUT2D eigenvalue weighted by Crippen LogP contribution is -2.09. The van der Waals surface area contributed by atoms with Gasteiger partial charge in [0.2, 0.25) is 0 Å². The van der Waals surface area contributed by atoms with Crippen molar-refractivity contribution >= 4 is 11.6 Å². The SMILES string of the molecule is CCNc1cccc(NC(C)c2ccc(C)cc2)n1. The summed E-state index contributed by atoms with van der Waals surface area (Å²) in [6.45, 7) is 7.19. The molecule has 19 heavy (non-hydrogen) atoms. The van der Waals surface area contributed by atoms with Crippen LogP contribution in [0.3, 0.4) is 0 Å². The first-order valence-electron chi connectivity index (χ1n) is 6.73. The summed E-state index contributed by atoms with van der Waals surface area (Å²) >= 11 is 0. The molecule has 0 fully saturated rings. The number of aromatic nitrogens is 1. The zero-order valence-electron chi connectivity index (χ0n) is 11.8. The highest BCUT2D eigenvalue weighted by molar-refractivity contribution is 5.46. The van der Waals surface area contributed by atoms with Crippen molar-refractivity contribution in [1.82, 2.24) is 4.98 Å². The van der Waals surface area contributed by atoms with Crippen LogP contribution in [-0.4, -0.2) is 11.5 Å². The lowest BCUT2D eigenvalue weighted by atomic mass is 10.1. The molecule has 1 aromatic heterocycles. The second-order valence-electron chi connectivity index (χ2n) is 4.72. The lowest BCUT2D eigenvalue weighted by molar-refractivity contribution is 0.874. The third-order valence-electron chi connectivity index (χ3n) is 3.05. The number of rotatable bonds is 5. The Balaban J connectivity index is 2.07. The highest BCUT2D eigenvalue weighted by atomic mass is 15.1. The van der Waals surface area contributed by atoms with Gasteiger partial charge >= 0.3 is 0 Å². The maximum atomic E-state index is 4.52. The second-order valence-corrected chi connectivity index (χ2v) is 4.72. The maximum absolute atomic E-state index is 4.52. The van der Waals surface area contributed by atoms with E-state index in [1.165, 1.54) is 11.1 Å². The fourth-order valence-corrected chi connectivity index (χ4v) is 1.95. The zero-order chi connectivity index (χ0) is 13.7. The van der Waals surface area contributed by atoms with E-state index >= 15 is 0 Å². The van der Waals surface area contributed by atoms with Crippen LogP contribution in [0.25, 0.3) is 0 Å². The van der Waals surface area contributed by atoms with Crippen LogP contribution in [0.4, 0.5) is 11.6 Å². The molecular formula is C16H21N3. The van der Waals surface area contributed by atoms with Crippen LogP contribution in [0.5, 0.6) is 0 Å². The topological polar surface area (TPSA) is 37.0 Å². The Hall–Kier alpha value is -2.03. The molecule has 1 unspecified atom stereocenters.